The van der Waals surface area contributed by atoms with Gasteiger partial charge in [0, 0.05) is 31.2 Å². The lowest BCUT2D eigenvalue weighted by Gasteiger charge is -2.31. The molecule has 3 aliphatic rings. The number of nitrogens with zero attached hydrogens (tertiary/aromatic N) is 2. The van der Waals surface area contributed by atoms with Crippen molar-refractivity contribution in [2.75, 3.05) is 26.7 Å². The second-order valence-corrected chi connectivity index (χ2v) is 7.45. The molecule has 5 nitrogen and oxygen atoms in total. The van der Waals surface area contributed by atoms with Gasteiger partial charge >= 0.3 is 5.97 Å². The van der Waals surface area contributed by atoms with E-state index in [1.54, 1.807) is 0 Å². The van der Waals surface area contributed by atoms with Gasteiger partial charge in [-0.2, -0.15) is 0 Å². The number of nitrogens with one attached hydrogen (secondary N) is 1. The Kier molecular flexibility index (Phi) is 4.26. The number of carboxylic acids is 1. The van der Waals surface area contributed by atoms with Crippen LogP contribution in [0.5, 0.6) is 0 Å². The van der Waals surface area contributed by atoms with Crippen molar-refractivity contribution in [3.8, 4) is 0 Å². The Balaban J connectivity index is 1.54. The molecule has 3 fully saturated rings. The molecule has 3 atom stereocenters. The number of fused-ring (bicyclic) bond motifs is 2. The number of hydrogen-bond donors (Lipinski definition) is 2. The summed E-state index contributed by atoms with van der Waals surface area (Å²) < 4.78 is 0. The second kappa shape index (κ2) is 5.86. The molecule has 120 valence electrons. The van der Waals surface area contributed by atoms with Gasteiger partial charge in [0.1, 0.15) is 5.54 Å². The van der Waals surface area contributed by atoms with E-state index in [0.29, 0.717) is 18.5 Å². The summed E-state index contributed by atoms with van der Waals surface area (Å²) in [5, 5.41) is 12.9. The average molecular weight is 295 g/mol. The maximum Gasteiger partial charge on any atom is 0.323 e. The topological polar surface area (TPSA) is 55.8 Å². The molecule has 3 rings (SSSR count). The number of rotatable bonds is 6. The first kappa shape index (κ1) is 15.3. The first-order chi connectivity index (χ1) is 9.98. The summed E-state index contributed by atoms with van der Waals surface area (Å²) in [6, 6.07) is 1.85. The first-order valence-corrected chi connectivity index (χ1v) is 8.43. The van der Waals surface area contributed by atoms with Crippen LogP contribution in [-0.2, 0) is 4.79 Å². The number of carbonyl (C=O) groups is 1. The third-order valence-electron chi connectivity index (χ3n) is 5.73. The highest BCUT2D eigenvalue weighted by atomic mass is 16.4. The van der Waals surface area contributed by atoms with Crippen LogP contribution in [0.15, 0.2) is 0 Å². The molecule has 2 aliphatic heterocycles. The molecule has 0 aromatic heterocycles. The van der Waals surface area contributed by atoms with Crippen LogP contribution in [0, 0.1) is 0 Å². The number of aliphatic carboxylic acids is 1. The Morgan fingerprint density at radius 3 is 2.62 bits per heavy atom. The fourth-order valence-corrected chi connectivity index (χ4v) is 3.88. The van der Waals surface area contributed by atoms with Gasteiger partial charge in [-0.15, -0.1) is 0 Å². The number of carboxylic acid groups (broad SMARTS) is 1. The summed E-state index contributed by atoms with van der Waals surface area (Å²) in [5.74, 6) is -0.706. The van der Waals surface area contributed by atoms with Crippen molar-refractivity contribution in [3.63, 3.8) is 0 Å². The molecule has 0 aromatic rings. The van der Waals surface area contributed by atoms with Gasteiger partial charge < -0.3 is 10.0 Å². The molecule has 2 N–H and O–H groups in total. The molecule has 1 aliphatic carbocycles. The van der Waals surface area contributed by atoms with Crippen LogP contribution in [0.4, 0.5) is 0 Å². The zero-order chi connectivity index (χ0) is 15.0. The number of hydrogen-bond acceptors (Lipinski definition) is 4. The highest BCUT2D eigenvalue weighted by molar-refractivity contribution is 5.78. The maximum atomic E-state index is 11.6. The van der Waals surface area contributed by atoms with Crippen LogP contribution in [0.2, 0.25) is 0 Å². The van der Waals surface area contributed by atoms with Crippen LogP contribution in [0.25, 0.3) is 0 Å². The van der Waals surface area contributed by atoms with Crippen LogP contribution in [-0.4, -0.2) is 71.2 Å². The van der Waals surface area contributed by atoms with E-state index in [2.05, 4.69) is 22.2 Å². The molecule has 21 heavy (non-hydrogen) atoms. The standard InChI is InChI=1S/C16H29N3O2/c1-16(15(20)21,17-12-3-4-12)8-10-19-9-7-13-5-6-14(11-19)18(13)2/h12-14,17H,3-11H2,1-2H3,(H,20,21). The lowest BCUT2D eigenvalue weighted by atomic mass is 9.97. The summed E-state index contributed by atoms with van der Waals surface area (Å²) in [4.78, 5) is 16.6. The molecular formula is C16H29N3O2. The van der Waals surface area contributed by atoms with Crippen LogP contribution in [0.1, 0.15) is 45.4 Å². The van der Waals surface area contributed by atoms with Gasteiger partial charge in [-0.1, -0.05) is 0 Å². The summed E-state index contributed by atoms with van der Waals surface area (Å²) in [5.41, 5.74) is -0.765. The highest BCUT2D eigenvalue weighted by Crippen LogP contribution is 2.29. The zero-order valence-electron chi connectivity index (χ0n) is 13.3. The monoisotopic (exact) mass is 295 g/mol. The molecule has 3 unspecified atom stereocenters. The maximum absolute atomic E-state index is 11.6. The molecule has 2 saturated heterocycles. The van der Waals surface area contributed by atoms with Crippen molar-refractivity contribution in [1.29, 1.82) is 0 Å². The van der Waals surface area contributed by atoms with Gasteiger partial charge in [0.15, 0.2) is 0 Å². The van der Waals surface area contributed by atoms with Crippen molar-refractivity contribution >= 4 is 5.97 Å². The first-order valence-electron chi connectivity index (χ1n) is 8.43. The Morgan fingerprint density at radius 1 is 1.24 bits per heavy atom. The zero-order valence-corrected chi connectivity index (χ0v) is 13.3. The van der Waals surface area contributed by atoms with E-state index in [4.69, 9.17) is 0 Å². The number of likely N-dealkylation sites (tertiary alicyclic amines) is 1. The van der Waals surface area contributed by atoms with Gasteiger partial charge in [-0.3, -0.25) is 15.0 Å². The van der Waals surface area contributed by atoms with Crippen LogP contribution < -0.4 is 5.32 Å². The summed E-state index contributed by atoms with van der Waals surface area (Å²) in [7, 11) is 2.25. The van der Waals surface area contributed by atoms with E-state index in [-0.39, 0.29) is 0 Å². The predicted octanol–water partition coefficient (Wildman–Crippen LogP) is 1.14. The summed E-state index contributed by atoms with van der Waals surface area (Å²) in [6.45, 7) is 4.96. The minimum absolute atomic E-state index is 0.428. The lowest BCUT2D eigenvalue weighted by Crippen LogP contribution is -2.52. The molecular weight excluding hydrogens is 266 g/mol. The Morgan fingerprint density at radius 2 is 1.95 bits per heavy atom. The van der Waals surface area contributed by atoms with Crippen molar-refractivity contribution in [3.05, 3.63) is 0 Å². The van der Waals surface area contributed by atoms with Gasteiger partial charge in [-0.25, -0.2) is 0 Å². The van der Waals surface area contributed by atoms with E-state index in [0.717, 1.165) is 38.5 Å². The van der Waals surface area contributed by atoms with E-state index >= 15 is 0 Å². The van der Waals surface area contributed by atoms with Crippen molar-refractivity contribution in [2.45, 2.75) is 69.1 Å². The molecule has 2 bridgehead atoms. The quantitative estimate of drug-likeness (QED) is 0.769. The fourth-order valence-electron chi connectivity index (χ4n) is 3.88. The SMILES string of the molecule is CN1C2CCC1CN(CCC(C)(NC1CC1)C(=O)O)CC2. The van der Waals surface area contributed by atoms with Crippen molar-refractivity contribution in [2.24, 2.45) is 0 Å². The average Bonchev–Trinajstić information content (AvgIpc) is 3.16. The third-order valence-corrected chi connectivity index (χ3v) is 5.73. The minimum Gasteiger partial charge on any atom is -0.480 e. The van der Waals surface area contributed by atoms with Crippen molar-refractivity contribution < 1.29 is 9.90 Å². The molecule has 0 spiro atoms. The van der Waals surface area contributed by atoms with Gasteiger partial charge in [0.2, 0.25) is 0 Å². The Bertz CT molecular complexity index is 399. The Labute approximate surface area is 127 Å². The molecule has 1 saturated carbocycles. The molecule has 0 aromatic carbocycles. The highest BCUT2D eigenvalue weighted by Gasteiger charge is 2.39. The van der Waals surface area contributed by atoms with Gasteiger partial charge in [-0.05, 0) is 59.0 Å². The summed E-state index contributed by atoms with van der Waals surface area (Å²) in [6.07, 6.45) is 6.81. The number of likely N-dealkylation sites (N-methyl/N-ethyl adjacent to an activating group) is 1. The minimum atomic E-state index is -0.765. The predicted molar refractivity (Wildman–Crippen MR) is 82.4 cm³/mol. The van der Waals surface area contributed by atoms with Crippen molar-refractivity contribution in [1.82, 2.24) is 15.1 Å². The molecule has 0 amide bonds. The fraction of sp³-hybridized carbons (Fsp3) is 0.938. The smallest absolute Gasteiger partial charge is 0.323 e. The van der Waals surface area contributed by atoms with E-state index in [1.165, 1.54) is 19.3 Å². The Hall–Kier alpha value is -0.650. The van der Waals surface area contributed by atoms with E-state index < -0.39 is 11.5 Å². The summed E-state index contributed by atoms with van der Waals surface area (Å²) >= 11 is 0. The van der Waals surface area contributed by atoms with E-state index in [9.17, 15) is 9.90 Å². The second-order valence-electron chi connectivity index (χ2n) is 7.45. The largest absolute Gasteiger partial charge is 0.480 e. The van der Waals surface area contributed by atoms with Crippen LogP contribution in [0.3, 0.4) is 0 Å². The normalized spacial score (nSPS) is 33.6. The lowest BCUT2D eigenvalue weighted by molar-refractivity contribution is -0.144. The molecule has 5 heteroatoms. The van der Waals surface area contributed by atoms with E-state index in [1.807, 2.05) is 6.92 Å². The molecule has 0 radical (unpaired) electrons. The van der Waals surface area contributed by atoms with Gasteiger partial charge in [0.25, 0.3) is 0 Å². The third kappa shape index (κ3) is 3.41. The van der Waals surface area contributed by atoms with Crippen LogP contribution >= 0.6 is 0 Å². The molecule has 2 heterocycles. The van der Waals surface area contributed by atoms with Gasteiger partial charge in [0.05, 0.1) is 0 Å².